The Kier molecular flexibility index (Phi) is 5.55. The van der Waals surface area contributed by atoms with Crippen molar-refractivity contribution in [2.75, 3.05) is 40.8 Å². The van der Waals surface area contributed by atoms with Gasteiger partial charge in [-0.05, 0) is 38.8 Å². The fraction of sp³-hybridized carbons (Fsp3) is 0.538. The maximum Gasteiger partial charge on any atom is 0.123 e. The van der Waals surface area contributed by atoms with Gasteiger partial charge in [0.25, 0.3) is 0 Å². The lowest BCUT2D eigenvalue weighted by Gasteiger charge is -2.28. The van der Waals surface area contributed by atoms with Crippen LogP contribution in [0.4, 0.5) is 4.39 Å². The Morgan fingerprint density at radius 3 is 2.18 bits per heavy atom. The maximum absolute atomic E-state index is 12.9. The predicted molar refractivity (Wildman–Crippen MR) is 69.4 cm³/mol. The molecule has 0 spiro atoms. The highest BCUT2D eigenvalue weighted by Gasteiger charge is 2.15. The standard InChI is InChI=1S/C13H22FN3/c1-16(2)8-9-17(3)13(10-15)11-4-6-12(14)7-5-11/h4-7,13H,8-10,15H2,1-3H3. The van der Waals surface area contributed by atoms with E-state index in [0.29, 0.717) is 6.54 Å². The van der Waals surface area contributed by atoms with Crippen LogP contribution >= 0.6 is 0 Å². The highest BCUT2D eigenvalue weighted by Crippen LogP contribution is 2.18. The van der Waals surface area contributed by atoms with Crippen LogP contribution in [0.2, 0.25) is 0 Å². The molecule has 0 saturated heterocycles. The van der Waals surface area contributed by atoms with Gasteiger partial charge >= 0.3 is 0 Å². The smallest absolute Gasteiger partial charge is 0.123 e. The number of rotatable bonds is 6. The van der Waals surface area contributed by atoms with Crippen LogP contribution in [0.25, 0.3) is 0 Å². The number of hydrogen-bond acceptors (Lipinski definition) is 3. The van der Waals surface area contributed by atoms with Gasteiger partial charge in [-0.2, -0.15) is 0 Å². The molecule has 0 aliphatic heterocycles. The van der Waals surface area contributed by atoms with E-state index < -0.39 is 0 Å². The van der Waals surface area contributed by atoms with Gasteiger partial charge in [0.1, 0.15) is 5.82 Å². The van der Waals surface area contributed by atoms with Crippen molar-refractivity contribution in [3.05, 3.63) is 35.6 Å². The van der Waals surface area contributed by atoms with Crippen LogP contribution in [0.3, 0.4) is 0 Å². The van der Waals surface area contributed by atoms with Crippen molar-refractivity contribution in [2.45, 2.75) is 6.04 Å². The maximum atomic E-state index is 12.9. The number of likely N-dealkylation sites (N-methyl/N-ethyl adjacent to an activating group) is 2. The molecule has 0 radical (unpaired) electrons. The van der Waals surface area contributed by atoms with Crippen LogP contribution in [0.5, 0.6) is 0 Å². The minimum atomic E-state index is -0.208. The van der Waals surface area contributed by atoms with Gasteiger partial charge in [0.05, 0.1) is 0 Å². The fourth-order valence-corrected chi connectivity index (χ4v) is 1.77. The fourth-order valence-electron chi connectivity index (χ4n) is 1.77. The van der Waals surface area contributed by atoms with Crippen LogP contribution in [-0.4, -0.2) is 50.6 Å². The van der Waals surface area contributed by atoms with E-state index in [4.69, 9.17) is 5.73 Å². The van der Waals surface area contributed by atoms with E-state index in [1.165, 1.54) is 12.1 Å². The molecule has 1 aromatic carbocycles. The molecule has 1 atom stereocenters. The Labute approximate surface area is 103 Å². The summed E-state index contributed by atoms with van der Waals surface area (Å²) in [5.41, 5.74) is 6.87. The zero-order valence-electron chi connectivity index (χ0n) is 10.9. The lowest BCUT2D eigenvalue weighted by atomic mass is 10.1. The van der Waals surface area contributed by atoms with Crippen molar-refractivity contribution in [2.24, 2.45) is 5.73 Å². The number of nitrogens with zero attached hydrogens (tertiary/aromatic N) is 2. The summed E-state index contributed by atoms with van der Waals surface area (Å²) in [7, 11) is 6.14. The SMILES string of the molecule is CN(C)CCN(C)C(CN)c1ccc(F)cc1. The Morgan fingerprint density at radius 2 is 1.71 bits per heavy atom. The Morgan fingerprint density at radius 1 is 1.12 bits per heavy atom. The van der Waals surface area contributed by atoms with Crippen LogP contribution in [-0.2, 0) is 0 Å². The second kappa shape index (κ2) is 6.69. The van der Waals surface area contributed by atoms with Gasteiger partial charge in [0.2, 0.25) is 0 Å². The van der Waals surface area contributed by atoms with Gasteiger partial charge in [-0.15, -0.1) is 0 Å². The zero-order chi connectivity index (χ0) is 12.8. The number of nitrogens with two attached hydrogens (primary N) is 1. The van der Waals surface area contributed by atoms with Crippen molar-refractivity contribution in [3.8, 4) is 0 Å². The van der Waals surface area contributed by atoms with E-state index in [1.807, 2.05) is 21.1 Å². The third kappa shape index (κ3) is 4.42. The van der Waals surface area contributed by atoms with Gasteiger partial charge < -0.3 is 10.6 Å². The first kappa shape index (κ1) is 14.1. The van der Waals surface area contributed by atoms with Crippen molar-refractivity contribution in [1.29, 1.82) is 0 Å². The molecule has 2 N–H and O–H groups in total. The summed E-state index contributed by atoms with van der Waals surface area (Å²) >= 11 is 0. The molecular weight excluding hydrogens is 217 g/mol. The van der Waals surface area contributed by atoms with Crippen LogP contribution in [0.15, 0.2) is 24.3 Å². The molecular formula is C13H22FN3. The molecule has 0 heterocycles. The summed E-state index contributed by atoms with van der Waals surface area (Å²) in [6.07, 6.45) is 0. The molecule has 0 bridgehead atoms. The average molecular weight is 239 g/mol. The molecule has 0 fully saturated rings. The van der Waals surface area contributed by atoms with Crippen molar-refractivity contribution in [1.82, 2.24) is 9.80 Å². The van der Waals surface area contributed by atoms with Crippen molar-refractivity contribution >= 4 is 0 Å². The molecule has 0 aliphatic carbocycles. The number of hydrogen-bond donors (Lipinski definition) is 1. The summed E-state index contributed by atoms with van der Waals surface area (Å²) in [6, 6.07) is 6.73. The predicted octanol–water partition coefficient (Wildman–Crippen LogP) is 1.32. The van der Waals surface area contributed by atoms with Gasteiger partial charge in [0, 0.05) is 25.7 Å². The van der Waals surface area contributed by atoms with E-state index in [2.05, 4.69) is 9.80 Å². The van der Waals surface area contributed by atoms with E-state index in [1.54, 1.807) is 12.1 Å². The van der Waals surface area contributed by atoms with Gasteiger partial charge in [0.15, 0.2) is 0 Å². The highest BCUT2D eigenvalue weighted by atomic mass is 19.1. The largest absolute Gasteiger partial charge is 0.329 e. The third-order valence-electron chi connectivity index (χ3n) is 2.91. The first-order valence-electron chi connectivity index (χ1n) is 5.85. The normalized spacial score (nSPS) is 13.4. The molecule has 0 aromatic heterocycles. The molecule has 0 saturated carbocycles. The topological polar surface area (TPSA) is 32.5 Å². The van der Waals surface area contributed by atoms with Gasteiger partial charge in [-0.25, -0.2) is 4.39 Å². The zero-order valence-corrected chi connectivity index (χ0v) is 10.9. The number of halogens is 1. The Bertz CT molecular complexity index is 324. The summed E-state index contributed by atoms with van der Waals surface area (Å²) in [5, 5.41) is 0. The molecule has 0 amide bonds. The lowest BCUT2D eigenvalue weighted by Crippen LogP contribution is -2.35. The molecule has 1 aromatic rings. The minimum Gasteiger partial charge on any atom is -0.329 e. The summed E-state index contributed by atoms with van der Waals surface area (Å²) in [5.74, 6) is -0.208. The van der Waals surface area contributed by atoms with E-state index in [0.717, 1.165) is 18.7 Å². The molecule has 1 unspecified atom stereocenters. The molecule has 1 rings (SSSR count). The minimum absolute atomic E-state index is 0.149. The van der Waals surface area contributed by atoms with E-state index >= 15 is 0 Å². The monoisotopic (exact) mass is 239 g/mol. The average Bonchev–Trinajstić information content (AvgIpc) is 2.30. The van der Waals surface area contributed by atoms with E-state index in [9.17, 15) is 4.39 Å². The summed E-state index contributed by atoms with van der Waals surface area (Å²) in [6.45, 7) is 2.45. The second-order valence-electron chi connectivity index (χ2n) is 4.59. The lowest BCUT2D eigenvalue weighted by molar-refractivity contribution is 0.222. The Balaban J connectivity index is 2.66. The summed E-state index contributed by atoms with van der Waals surface area (Å²) in [4.78, 5) is 4.34. The van der Waals surface area contributed by atoms with Crippen LogP contribution < -0.4 is 5.73 Å². The number of benzene rings is 1. The molecule has 3 nitrogen and oxygen atoms in total. The third-order valence-corrected chi connectivity index (χ3v) is 2.91. The highest BCUT2D eigenvalue weighted by molar-refractivity contribution is 5.20. The molecule has 0 aliphatic rings. The molecule has 96 valence electrons. The first-order valence-corrected chi connectivity index (χ1v) is 5.85. The summed E-state index contributed by atoms with van der Waals surface area (Å²) < 4.78 is 12.9. The van der Waals surface area contributed by atoms with Crippen molar-refractivity contribution < 1.29 is 4.39 Å². The van der Waals surface area contributed by atoms with Gasteiger partial charge in [-0.3, -0.25) is 4.90 Å². The van der Waals surface area contributed by atoms with Crippen LogP contribution in [0.1, 0.15) is 11.6 Å². The Hall–Kier alpha value is -0.970. The van der Waals surface area contributed by atoms with Gasteiger partial charge in [-0.1, -0.05) is 12.1 Å². The molecule has 17 heavy (non-hydrogen) atoms. The molecule has 4 heteroatoms. The van der Waals surface area contributed by atoms with Crippen molar-refractivity contribution in [3.63, 3.8) is 0 Å². The van der Waals surface area contributed by atoms with Crippen LogP contribution in [0, 0.1) is 5.82 Å². The first-order chi connectivity index (χ1) is 8.04. The second-order valence-corrected chi connectivity index (χ2v) is 4.59. The quantitative estimate of drug-likeness (QED) is 0.812. The van der Waals surface area contributed by atoms with E-state index in [-0.39, 0.29) is 11.9 Å².